The number of benzene rings is 1. The van der Waals surface area contributed by atoms with E-state index in [0.29, 0.717) is 18.2 Å². The molecule has 7 heteroatoms. The topological polar surface area (TPSA) is 61.4 Å². The highest BCUT2D eigenvalue weighted by atomic mass is 32.2. The van der Waals surface area contributed by atoms with Gasteiger partial charge in [-0.1, -0.05) is 23.9 Å². The van der Waals surface area contributed by atoms with Crippen LogP contribution in [0.5, 0.6) is 0 Å². The van der Waals surface area contributed by atoms with E-state index in [2.05, 4.69) is 28.2 Å². The van der Waals surface area contributed by atoms with Gasteiger partial charge in [0.2, 0.25) is 0 Å². The number of rotatable bonds is 8. The van der Waals surface area contributed by atoms with Crippen LogP contribution in [-0.4, -0.2) is 60.5 Å². The minimum Gasteiger partial charge on any atom is -0.354 e. The standard InChI is InChI=1S/C23H33N5OS/c1-17-14-21(28-12-6-5-8-18(28)2)26-23(25-17)30-16-19-9-7-10-20(15-19)22(29)24-11-13-27(3)4/h7,9-10,14-15,18H,5-6,8,11-13,16H2,1-4H3,(H,24,29)/t18-/m0/s1. The quantitative estimate of drug-likeness (QED) is 0.511. The molecule has 0 saturated carbocycles. The molecule has 1 saturated heterocycles. The van der Waals surface area contributed by atoms with Crippen LogP contribution in [0.3, 0.4) is 0 Å². The molecule has 3 rings (SSSR count). The molecule has 0 radical (unpaired) electrons. The van der Waals surface area contributed by atoms with Crippen LogP contribution in [0.2, 0.25) is 0 Å². The predicted molar refractivity (Wildman–Crippen MR) is 124 cm³/mol. The van der Waals surface area contributed by atoms with Gasteiger partial charge >= 0.3 is 0 Å². The molecule has 1 aromatic carbocycles. The zero-order valence-corrected chi connectivity index (χ0v) is 19.3. The van der Waals surface area contributed by atoms with E-state index in [1.54, 1.807) is 11.8 Å². The maximum Gasteiger partial charge on any atom is 0.251 e. The fourth-order valence-electron chi connectivity index (χ4n) is 3.62. The van der Waals surface area contributed by atoms with Crippen molar-refractivity contribution in [3.63, 3.8) is 0 Å². The van der Waals surface area contributed by atoms with Crippen molar-refractivity contribution in [2.75, 3.05) is 38.6 Å². The lowest BCUT2D eigenvalue weighted by Gasteiger charge is -2.34. The Balaban J connectivity index is 1.63. The molecule has 0 bridgehead atoms. The molecule has 0 unspecified atom stereocenters. The number of thioether (sulfide) groups is 1. The molecule has 1 aromatic heterocycles. The van der Waals surface area contributed by atoms with Crippen LogP contribution in [0, 0.1) is 6.92 Å². The molecular weight excluding hydrogens is 394 g/mol. The number of nitrogens with zero attached hydrogens (tertiary/aromatic N) is 4. The lowest BCUT2D eigenvalue weighted by molar-refractivity contribution is 0.0951. The summed E-state index contributed by atoms with van der Waals surface area (Å²) in [4.78, 5) is 26.3. The number of amides is 1. The number of aryl methyl sites for hydroxylation is 1. The largest absolute Gasteiger partial charge is 0.354 e. The Labute approximate surface area is 184 Å². The molecule has 1 aliphatic heterocycles. The number of carbonyl (C=O) groups is 1. The van der Waals surface area contributed by atoms with Gasteiger partial charge in [-0.3, -0.25) is 4.79 Å². The van der Waals surface area contributed by atoms with Crippen LogP contribution in [0.1, 0.15) is 47.8 Å². The van der Waals surface area contributed by atoms with Gasteiger partial charge in [0, 0.05) is 48.8 Å². The number of anilines is 1. The Bertz CT molecular complexity index is 857. The number of aromatic nitrogens is 2. The zero-order valence-electron chi connectivity index (χ0n) is 18.5. The highest BCUT2D eigenvalue weighted by Gasteiger charge is 2.20. The van der Waals surface area contributed by atoms with Crippen molar-refractivity contribution >= 4 is 23.5 Å². The number of nitrogens with one attached hydrogen (secondary N) is 1. The summed E-state index contributed by atoms with van der Waals surface area (Å²) < 4.78 is 0. The van der Waals surface area contributed by atoms with E-state index in [1.807, 2.05) is 50.2 Å². The van der Waals surface area contributed by atoms with Crippen molar-refractivity contribution in [2.45, 2.75) is 50.1 Å². The monoisotopic (exact) mass is 427 g/mol. The molecule has 1 fully saturated rings. The fourth-order valence-corrected chi connectivity index (χ4v) is 4.46. The van der Waals surface area contributed by atoms with Crippen LogP contribution in [-0.2, 0) is 5.75 Å². The number of carbonyl (C=O) groups excluding carboxylic acids is 1. The van der Waals surface area contributed by atoms with Crippen LogP contribution < -0.4 is 10.2 Å². The maximum atomic E-state index is 12.4. The number of hydrogen-bond acceptors (Lipinski definition) is 6. The van der Waals surface area contributed by atoms with Crippen molar-refractivity contribution in [1.82, 2.24) is 20.2 Å². The van der Waals surface area contributed by atoms with Gasteiger partial charge in [-0.2, -0.15) is 0 Å². The van der Waals surface area contributed by atoms with Crippen molar-refractivity contribution < 1.29 is 4.79 Å². The zero-order chi connectivity index (χ0) is 21.5. The molecule has 1 aliphatic rings. The Morgan fingerprint density at radius 1 is 1.27 bits per heavy atom. The Hall–Kier alpha value is -2.12. The third-order valence-corrected chi connectivity index (χ3v) is 6.24. The highest BCUT2D eigenvalue weighted by molar-refractivity contribution is 7.98. The smallest absolute Gasteiger partial charge is 0.251 e. The molecule has 2 aromatic rings. The number of hydrogen-bond donors (Lipinski definition) is 1. The number of piperidine rings is 1. The lowest BCUT2D eigenvalue weighted by atomic mass is 10.0. The van der Waals surface area contributed by atoms with E-state index in [1.165, 1.54) is 19.3 Å². The van der Waals surface area contributed by atoms with Crippen LogP contribution >= 0.6 is 11.8 Å². The first kappa shape index (κ1) is 22.6. The summed E-state index contributed by atoms with van der Waals surface area (Å²) in [6.07, 6.45) is 3.73. The second-order valence-corrected chi connectivity index (χ2v) is 9.18. The Kier molecular flexibility index (Phi) is 8.10. The van der Waals surface area contributed by atoms with E-state index in [-0.39, 0.29) is 5.91 Å². The summed E-state index contributed by atoms with van der Waals surface area (Å²) in [6.45, 7) is 6.83. The van der Waals surface area contributed by atoms with Crippen molar-refractivity contribution in [3.05, 3.63) is 47.2 Å². The highest BCUT2D eigenvalue weighted by Crippen LogP contribution is 2.27. The Morgan fingerprint density at radius 2 is 2.10 bits per heavy atom. The van der Waals surface area contributed by atoms with Gasteiger partial charge in [-0.05, 0) is 64.9 Å². The molecule has 30 heavy (non-hydrogen) atoms. The number of likely N-dealkylation sites (N-methyl/N-ethyl adjacent to an activating group) is 1. The van der Waals surface area contributed by atoms with E-state index >= 15 is 0 Å². The first-order valence-electron chi connectivity index (χ1n) is 10.7. The predicted octanol–water partition coefficient (Wildman–Crippen LogP) is 3.75. The summed E-state index contributed by atoms with van der Waals surface area (Å²) >= 11 is 1.62. The SMILES string of the molecule is Cc1cc(N2CCCC[C@@H]2C)nc(SCc2cccc(C(=O)NCCN(C)C)c2)n1. The van der Waals surface area contributed by atoms with E-state index in [9.17, 15) is 4.79 Å². The molecule has 6 nitrogen and oxygen atoms in total. The molecule has 0 aliphatic carbocycles. The van der Waals surface area contributed by atoms with E-state index in [4.69, 9.17) is 4.98 Å². The van der Waals surface area contributed by atoms with Crippen LogP contribution in [0.25, 0.3) is 0 Å². The molecule has 1 amide bonds. The van der Waals surface area contributed by atoms with Gasteiger partial charge in [0.15, 0.2) is 5.16 Å². The molecule has 2 heterocycles. The second-order valence-electron chi connectivity index (χ2n) is 8.24. The van der Waals surface area contributed by atoms with Gasteiger partial charge in [0.05, 0.1) is 0 Å². The summed E-state index contributed by atoms with van der Waals surface area (Å²) in [7, 11) is 3.99. The summed E-state index contributed by atoms with van der Waals surface area (Å²) in [5, 5.41) is 3.76. The van der Waals surface area contributed by atoms with E-state index in [0.717, 1.165) is 41.1 Å². The summed E-state index contributed by atoms with van der Waals surface area (Å²) in [5.74, 6) is 1.74. The molecule has 0 spiro atoms. The van der Waals surface area contributed by atoms with Gasteiger partial charge in [0.25, 0.3) is 5.91 Å². The molecule has 1 N–H and O–H groups in total. The van der Waals surface area contributed by atoms with Crippen LogP contribution in [0.15, 0.2) is 35.5 Å². The van der Waals surface area contributed by atoms with E-state index < -0.39 is 0 Å². The average molecular weight is 428 g/mol. The lowest BCUT2D eigenvalue weighted by Crippen LogP contribution is -2.38. The minimum atomic E-state index is -0.0307. The van der Waals surface area contributed by atoms with Gasteiger partial charge in [-0.15, -0.1) is 0 Å². The summed E-state index contributed by atoms with van der Waals surface area (Å²) in [5.41, 5.74) is 2.78. The van der Waals surface area contributed by atoms with Gasteiger partial charge < -0.3 is 15.1 Å². The Morgan fingerprint density at radius 3 is 2.87 bits per heavy atom. The van der Waals surface area contributed by atoms with Gasteiger partial charge in [0.1, 0.15) is 5.82 Å². The molecule has 1 atom stereocenters. The van der Waals surface area contributed by atoms with Crippen molar-refractivity contribution in [1.29, 1.82) is 0 Å². The first-order valence-corrected chi connectivity index (χ1v) is 11.7. The summed E-state index contributed by atoms with van der Waals surface area (Å²) in [6, 6.07) is 10.4. The molecular formula is C23H33N5OS. The third kappa shape index (κ3) is 6.44. The van der Waals surface area contributed by atoms with Crippen LogP contribution in [0.4, 0.5) is 5.82 Å². The minimum absolute atomic E-state index is 0.0307. The second kappa shape index (κ2) is 10.8. The maximum absolute atomic E-state index is 12.4. The first-order chi connectivity index (χ1) is 14.4. The third-order valence-electron chi connectivity index (χ3n) is 5.32. The average Bonchev–Trinajstić information content (AvgIpc) is 2.72. The normalized spacial score (nSPS) is 16.7. The van der Waals surface area contributed by atoms with Crippen molar-refractivity contribution in [3.8, 4) is 0 Å². The fraction of sp³-hybridized carbons (Fsp3) is 0.522. The van der Waals surface area contributed by atoms with Crippen molar-refractivity contribution in [2.24, 2.45) is 0 Å². The van der Waals surface area contributed by atoms with Gasteiger partial charge in [-0.25, -0.2) is 9.97 Å². The molecule has 162 valence electrons.